The van der Waals surface area contributed by atoms with Crippen LogP contribution in [0, 0.1) is 11.6 Å². The van der Waals surface area contributed by atoms with Crippen LogP contribution in [-0.2, 0) is 6.42 Å². The molecule has 0 fully saturated rings. The molecular weight excluding hydrogens is 260 g/mol. The van der Waals surface area contributed by atoms with Crippen LogP contribution in [0.15, 0.2) is 23.2 Å². The van der Waals surface area contributed by atoms with Crippen LogP contribution in [-0.4, -0.2) is 25.6 Å². The highest BCUT2D eigenvalue weighted by atomic mass is 19.2. The lowest BCUT2D eigenvalue weighted by molar-refractivity contribution is 0.498. The Morgan fingerprint density at radius 3 is 2.70 bits per heavy atom. The molecule has 0 atom stereocenters. The van der Waals surface area contributed by atoms with Gasteiger partial charge in [0.15, 0.2) is 17.6 Å². The van der Waals surface area contributed by atoms with Crippen LogP contribution in [0.3, 0.4) is 0 Å². The molecule has 0 saturated carbocycles. The average molecular weight is 283 g/mol. The maximum absolute atomic E-state index is 13.5. The summed E-state index contributed by atoms with van der Waals surface area (Å²) in [6.45, 7) is 6.15. The highest BCUT2D eigenvalue weighted by Gasteiger charge is 2.07. The minimum atomic E-state index is -0.800. The van der Waals surface area contributed by atoms with E-state index in [2.05, 4.69) is 22.5 Å². The normalized spacial score (nSPS) is 11.5. The molecule has 0 unspecified atom stereocenters. The first kappa shape index (κ1) is 16.4. The van der Waals surface area contributed by atoms with Crippen molar-refractivity contribution in [3.05, 3.63) is 35.4 Å². The molecule has 1 rings (SSSR count). The van der Waals surface area contributed by atoms with Gasteiger partial charge in [0.2, 0.25) is 0 Å². The number of nitrogens with one attached hydrogen (secondary N) is 2. The second-order valence-corrected chi connectivity index (χ2v) is 4.50. The zero-order valence-electron chi connectivity index (χ0n) is 12.2. The molecule has 5 heteroatoms. The Morgan fingerprint density at radius 1 is 1.20 bits per heavy atom. The number of hydrogen-bond donors (Lipinski definition) is 2. The summed E-state index contributed by atoms with van der Waals surface area (Å²) in [6, 6.07) is 4.25. The summed E-state index contributed by atoms with van der Waals surface area (Å²) in [6.07, 6.45) is 2.55. The van der Waals surface area contributed by atoms with Crippen molar-refractivity contribution in [2.24, 2.45) is 4.99 Å². The highest BCUT2D eigenvalue weighted by Crippen LogP contribution is 2.11. The van der Waals surface area contributed by atoms with Gasteiger partial charge in [-0.25, -0.2) is 8.78 Å². The second-order valence-electron chi connectivity index (χ2n) is 4.50. The smallest absolute Gasteiger partial charge is 0.191 e. The fourth-order valence-corrected chi connectivity index (χ4v) is 1.75. The zero-order valence-corrected chi connectivity index (χ0v) is 12.2. The summed E-state index contributed by atoms with van der Waals surface area (Å²) < 4.78 is 26.5. The van der Waals surface area contributed by atoms with Crippen molar-refractivity contribution in [2.45, 2.75) is 33.1 Å². The largest absolute Gasteiger partial charge is 0.357 e. The van der Waals surface area contributed by atoms with E-state index in [9.17, 15) is 8.78 Å². The molecule has 0 aliphatic heterocycles. The van der Waals surface area contributed by atoms with Gasteiger partial charge >= 0.3 is 0 Å². The summed E-state index contributed by atoms with van der Waals surface area (Å²) in [5.41, 5.74) is 0.377. The van der Waals surface area contributed by atoms with Gasteiger partial charge in [0.05, 0.1) is 0 Å². The summed E-state index contributed by atoms with van der Waals surface area (Å²) >= 11 is 0. The van der Waals surface area contributed by atoms with Crippen LogP contribution in [0.1, 0.15) is 32.3 Å². The van der Waals surface area contributed by atoms with Crippen molar-refractivity contribution in [3.63, 3.8) is 0 Å². The van der Waals surface area contributed by atoms with Crippen LogP contribution in [0.4, 0.5) is 8.78 Å². The van der Waals surface area contributed by atoms with Crippen molar-refractivity contribution in [1.82, 2.24) is 10.6 Å². The number of unbranched alkanes of at least 4 members (excludes halogenated alkanes) is 1. The summed E-state index contributed by atoms with van der Waals surface area (Å²) in [7, 11) is 0. The lowest BCUT2D eigenvalue weighted by Gasteiger charge is -2.11. The quantitative estimate of drug-likeness (QED) is 0.458. The van der Waals surface area contributed by atoms with Crippen LogP contribution in [0.5, 0.6) is 0 Å². The van der Waals surface area contributed by atoms with Crippen LogP contribution < -0.4 is 10.6 Å². The standard InChI is InChI=1S/C15H23F2N3/c1-3-5-10-19-15(18-4-2)20-11-9-12-7-6-8-13(16)14(12)17/h6-8H,3-5,9-11H2,1-2H3,(H2,18,19,20). The molecule has 0 bridgehead atoms. The van der Waals surface area contributed by atoms with Gasteiger partial charge in [-0.1, -0.05) is 25.5 Å². The number of nitrogens with zero attached hydrogens (tertiary/aromatic N) is 1. The number of rotatable bonds is 7. The van der Waals surface area contributed by atoms with E-state index in [1.165, 1.54) is 6.07 Å². The molecule has 0 heterocycles. The van der Waals surface area contributed by atoms with Gasteiger partial charge in [0.25, 0.3) is 0 Å². The maximum atomic E-state index is 13.5. The Morgan fingerprint density at radius 2 is 2.00 bits per heavy atom. The Kier molecular flexibility index (Phi) is 7.62. The second kappa shape index (κ2) is 9.28. The van der Waals surface area contributed by atoms with E-state index in [1.807, 2.05) is 6.92 Å². The maximum Gasteiger partial charge on any atom is 0.191 e. The summed E-state index contributed by atoms with van der Waals surface area (Å²) in [5.74, 6) is -0.842. The highest BCUT2D eigenvalue weighted by molar-refractivity contribution is 5.79. The van der Waals surface area contributed by atoms with Gasteiger partial charge in [0, 0.05) is 19.6 Å². The molecule has 0 aliphatic carbocycles. The van der Waals surface area contributed by atoms with Crippen molar-refractivity contribution in [2.75, 3.05) is 19.6 Å². The lowest BCUT2D eigenvalue weighted by Crippen LogP contribution is -2.38. The van der Waals surface area contributed by atoms with Gasteiger partial charge in [-0.15, -0.1) is 0 Å². The van der Waals surface area contributed by atoms with E-state index in [-0.39, 0.29) is 0 Å². The summed E-state index contributed by atoms with van der Waals surface area (Å²) in [4.78, 5) is 4.40. The van der Waals surface area contributed by atoms with Crippen molar-refractivity contribution < 1.29 is 8.78 Å². The van der Waals surface area contributed by atoms with Gasteiger partial charge < -0.3 is 10.6 Å². The monoisotopic (exact) mass is 283 g/mol. The number of benzene rings is 1. The predicted octanol–water partition coefficient (Wildman–Crippen LogP) is 2.86. The Balaban J connectivity index is 2.47. The Bertz CT molecular complexity index is 433. The first-order chi connectivity index (χ1) is 9.69. The molecule has 0 radical (unpaired) electrons. The molecule has 112 valence electrons. The Hall–Kier alpha value is -1.65. The third-order valence-corrected chi connectivity index (χ3v) is 2.84. The van der Waals surface area contributed by atoms with Crippen molar-refractivity contribution in [1.29, 1.82) is 0 Å². The summed E-state index contributed by atoms with van der Waals surface area (Å²) in [5, 5.41) is 6.25. The molecule has 0 spiro atoms. The first-order valence-electron chi connectivity index (χ1n) is 7.14. The number of hydrogen-bond acceptors (Lipinski definition) is 1. The van der Waals surface area contributed by atoms with Crippen LogP contribution in [0.2, 0.25) is 0 Å². The number of aliphatic imine (C=N–C) groups is 1. The molecule has 0 amide bonds. The predicted molar refractivity (Wildman–Crippen MR) is 79.0 cm³/mol. The molecule has 0 aromatic heterocycles. The topological polar surface area (TPSA) is 36.4 Å². The fraction of sp³-hybridized carbons (Fsp3) is 0.533. The van der Waals surface area contributed by atoms with E-state index in [1.54, 1.807) is 6.07 Å². The first-order valence-corrected chi connectivity index (χ1v) is 7.14. The third-order valence-electron chi connectivity index (χ3n) is 2.84. The molecule has 1 aromatic carbocycles. The number of guanidine groups is 1. The fourth-order valence-electron chi connectivity index (χ4n) is 1.75. The Labute approximate surface area is 119 Å². The van der Waals surface area contributed by atoms with Gasteiger partial charge in [-0.3, -0.25) is 4.99 Å². The van der Waals surface area contributed by atoms with Crippen molar-refractivity contribution >= 4 is 5.96 Å². The third kappa shape index (κ3) is 5.55. The molecule has 2 N–H and O–H groups in total. The van der Waals surface area contributed by atoms with Crippen LogP contribution in [0.25, 0.3) is 0 Å². The van der Waals surface area contributed by atoms with E-state index >= 15 is 0 Å². The van der Waals surface area contributed by atoms with E-state index < -0.39 is 11.6 Å². The average Bonchev–Trinajstić information content (AvgIpc) is 2.44. The lowest BCUT2D eigenvalue weighted by atomic mass is 10.1. The van der Waals surface area contributed by atoms with Crippen LogP contribution >= 0.6 is 0 Å². The van der Waals surface area contributed by atoms with Gasteiger partial charge in [-0.2, -0.15) is 0 Å². The van der Waals surface area contributed by atoms with E-state index in [4.69, 9.17) is 0 Å². The minimum absolute atomic E-state index is 0.377. The molecule has 20 heavy (non-hydrogen) atoms. The van der Waals surface area contributed by atoms with Gasteiger partial charge in [-0.05, 0) is 31.4 Å². The van der Waals surface area contributed by atoms with E-state index in [0.717, 1.165) is 38.0 Å². The number of halogens is 2. The molecule has 0 aliphatic rings. The van der Waals surface area contributed by atoms with E-state index in [0.29, 0.717) is 18.5 Å². The molecular formula is C15H23F2N3. The molecule has 0 saturated heterocycles. The minimum Gasteiger partial charge on any atom is -0.357 e. The molecule has 1 aromatic rings. The molecule has 3 nitrogen and oxygen atoms in total. The SMILES string of the molecule is CCCCN=C(NCC)NCCc1cccc(F)c1F. The zero-order chi connectivity index (χ0) is 14.8. The van der Waals surface area contributed by atoms with Crippen molar-refractivity contribution in [3.8, 4) is 0 Å². The van der Waals surface area contributed by atoms with Gasteiger partial charge in [0.1, 0.15) is 0 Å².